The van der Waals surface area contributed by atoms with E-state index in [4.69, 9.17) is 17.3 Å². The molecule has 0 heterocycles. The van der Waals surface area contributed by atoms with Crippen LogP contribution >= 0.6 is 11.6 Å². The number of hydrogen-bond donors (Lipinski definition) is 2. The topological polar surface area (TPSA) is 72.2 Å². The highest BCUT2D eigenvalue weighted by Gasteiger charge is 2.19. The van der Waals surface area contributed by atoms with Crippen LogP contribution in [0.3, 0.4) is 0 Å². The van der Waals surface area contributed by atoms with Gasteiger partial charge in [-0.1, -0.05) is 23.3 Å². The third kappa shape index (κ3) is 4.22. The van der Waals surface area contributed by atoms with Gasteiger partial charge in [0.05, 0.1) is 4.90 Å². The molecule has 0 atom stereocenters. The highest BCUT2D eigenvalue weighted by molar-refractivity contribution is 7.89. The van der Waals surface area contributed by atoms with Crippen LogP contribution in [0, 0.1) is 6.92 Å². The molecule has 0 unspecified atom stereocenters. The lowest BCUT2D eigenvalue weighted by atomic mass is 9.97. The summed E-state index contributed by atoms with van der Waals surface area (Å²) in [5.74, 6) is 0. The Morgan fingerprint density at radius 3 is 2.76 bits per heavy atom. The summed E-state index contributed by atoms with van der Waals surface area (Å²) in [6.07, 6.45) is 7.59. The van der Waals surface area contributed by atoms with Crippen molar-refractivity contribution in [1.29, 1.82) is 0 Å². The normalized spacial score (nSPS) is 15.8. The molecule has 0 amide bonds. The lowest BCUT2D eigenvalue weighted by molar-refractivity contribution is 0.579. The Morgan fingerprint density at radius 1 is 1.33 bits per heavy atom. The Bertz CT molecular complexity index is 654. The Hall–Kier alpha value is -1.04. The van der Waals surface area contributed by atoms with Gasteiger partial charge in [-0.15, -0.1) is 0 Å². The molecule has 0 aromatic heterocycles. The minimum Gasteiger partial charge on any atom is -0.398 e. The molecule has 0 bridgehead atoms. The first-order valence-electron chi connectivity index (χ1n) is 7.13. The fourth-order valence-corrected chi connectivity index (χ4v) is 4.13. The lowest BCUT2D eigenvalue weighted by Gasteiger charge is -2.14. The molecule has 0 fully saturated rings. The third-order valence-corrected chi connectivity index (χ3v) is 5.58. The number of rotatable bonds is 5. The summed E-state index contributed by atoms with van der Waals surface area (Å²) in [6.45, 7) is 2.09. The van der Waals surface area contributed by atoms with Crippen LogP contribution in [0.25, 0.3) is 0 Å². The zero-order chi connectivity index (χ0) is 15.5. The summed E-state index contributed by atoms with van der Waals surface area (Å²) in [4.78, 5) is 0.158. The van der Waals surface area contributed by atoms with E-state index in [9.17, 15) is 8.42 Å². The Morgan fingerprint density at radius 2 is 2.10 bits per heavy atom. The molecule has 21 heavy (non-hydrogen) atoms. The summed E-state index contributed by atoms with van der Waals surface area (Å²) in [6, 6.07) is 3.00. The lowest BCUT2D eigenvalue weighted by Crippen LogP contribution is -2.26. The largest absolute Gasteiger partial charge is 0.398 e. The summed E-state index contributed by atoms with van der Waals surface area (Å²) >= 11 is 5.90. The van der Waals surface area contributed by atoms with Crippen molar-refractivity contribution in [1.82, 2.24) is 4.72 Å². The third-order valence-electron chi connectivity index (χ3n) is 3.78. The first-order chi connectivity index (χ1) is 9.90. The predicted molar refractivity (Wildman–Crippen MR) is 87.0 cm³/mol. The zero-order valence-electron chi connectivity index (χ0n) is 12.2. The number of nitrogens with one attached hydrogen (secondary N) is 1. The van der Waals surface area contributed by atoms with Crippen molar-refractivity contribution in [2.24, 2.45) is 0 Å². The van der Waals surface area contributed by atoms with Crippen molar-refractivity contribution in [3.05, 3.63) is 34.4 Å². The van der Waals surface area contributed by atoms with Gasteiger partial charge in [-0.2, -0.15) is 0 Å². The molecule has 0 spiro atoms. The van der Waals surface area contributed by atoms with Gasteiger partial charge in [0, 0.05) is 17.3 Å². The highest BCUT2D eigenvalue weighted by Crippen LogP contribution is 2.26. The van der Waals surface area contributed by atoms with E-state index in [0.717, 1.165) is 19.3 Å². The number of halogens is 1. The van der Waals surface area contributed by atoms with E-state index in [1.165, 1.54) is 24.5 Å². The molecule has 3 N–H and O–H groups in total. The molecule has 2 rings (SSSR count). The minimum atomic E-state index is -3.58. The molecule has 1 aromatic rings. The Kier molecular flexibility index (Phi) is 5.30. The quantitative estimate of drug-likeness (QED) is 0.642. The number of anilines is 1. The van der Waals surface area contributed by atoms with Crippen LogP contribution in [0.1, 0.15) is 37.7 Å². The second kappa shape index (κ2) is 6.81. The average Bonchev–Trinajstić information content (AvgIpc) is 2.43. The number of hydrogen-bond acceptors (Lipinski definition) is 3. The molecule has 0 radical (unpaired) electrons. The smallest absolute Gasteiger partial charge is 0.240 e. The van der Waals surface area contributed by atoms with Crippen LogP contribution in [0.4, 0.5) is 5.69 Å². The van der Waals surface area contributed by atoms with Gasteiger partial charge in [-0.25, -0.2) is 13.1 Å². The monoisotopic (exact) mass is 328 g/mol. The van der Waals surface area contributed by atoms with Crippen LogP contribution < -0.4 is 10.5 Å². The SMILES string of the molecule is Cc1c(N)cc(Cl)cc1S(=O)(=O)NCCC1=CCCCC1. The number of allylic oxidation sites excluding steroid dienone is 1. The van der Waals surface area contributed by atoms with Crippen LogP contribution in [-0.2, 0) is 10.0 Å². The molecule has 6 heteroatoms. The van der Waals surface area contributed by atoms with Crippen molar-refractivity contribution in [3.63, 3.8) is 0 Å². The van der Waals surface area contributed by atoms with Crippen molar-refractivity contribution in [2.75, 3.05) is 12.3 Å². The van der Waals surface area contributed by atoms with Crippen LogP contribution in [-0.4, -0.2) is 15.0 Å². The van der Waals surface area contributed by atoms with E-state index in [2.05, 4.69) is 10.8 Å². The summed E-state index contributed by atoms with van der Waals surface area (Å²) < 4.78 is 27.3. The van der Waals surface area contributed by atoms with Crippen molar-refractivity contribution in [2.45, 2.75) is 43.9 Å². The second-order valence-corrected chi connectivity index (χ2v) is 7.55. The van der Waals surface area contributed by atoms with Gasteiger partial charge >= 0.3 is 0 Å². The molecular formula is C15H21ClN2O2S. The molecule has 4 nitrogen and oxygen atoms in total. The Balaban J connectivity index is 2.06. The van der Waals surface area contributed by atoms with Gasteiger partial charge in [-0.3, -0.25) is 0 Å². The molecule has 1 aliphatic carbocycles. The second-order valence-electron chi connectivity index (χ2n) is 5.37. The van der Waals surface area contributed by atoms with Gasteiger partial charge < -0.3 is 5.73 Å². The first kappa shape index (κ1) is 16.3. The summed E-state index contributed by atoms with van der Waals surface area (Å²) in [5.41, 5.74) is 8.04. The first-order valence-corrected chi connectivity index (χ1v) is 8.99. The molecule has 0 saturated carbocycles. The van der Waals surface area contributed by atoms with E-state index in [1.807, 2.05) is 0 Å². The standard InChI is InChI=1S/C15H21ClN2O2S/c1-11-14(17)9-13(16)10-15(11)21(19,20)18-8-7-12-5-3-2-4-6-12/h5,9-10,18H,2-4,6-8,17H2,1H3. The fourth-order valence-electron chi connectivity index (χ4n) is 2.51. The number of sulfonamides is 1. The minimum absolute atomic E-state index is 0.158. The summed E-state index contributed by atoms with van der Waals surface area (Å²) in [5, 5.41) is 0.327. The van der Waals surface area contributed by atoms with E-state index < -0.39 is 10.0 Å². The average molecular weight is 329 g/mol. The molecule has 0 aliphatic heterocycles. The number of nitrogen functional groups attached to an aromatic ring is 1. The van der Waals surface area contributed by atoms with E-state index in [-0.39, 0.29) is 4.90 Å². The van der Waals surface area contributed by atoms with E-state index >= 15 is 0 Å². The van der Waals surface area contributed by atoms with Gasteiger partial charge in [0.15, 0.2) is 0 Å². The maximum atomic E-state index is 12.4. The maximum absolute atomic E-state index is 12.4. The van der Waals surface area contributed by atoms with Gasteiger partial charge in [0.1, 0.15) is 0 Å². The van der Waals surface area contributed by atoms with Crippen molar-refractivity contribution in [3.8, 4) is 0 Å². The number of nitrogens with two attached hydrogens (primary N) is 1. The summed E-state index contributed by atoms with van der Waals surface area (Å²) in [7, 11) is -3.58. The molecule has 0 saturated heterocycles. The highest BCUT2D eigenvalue weighted by atomic mass is 35.5. The van der Waals surface area contributed by atoms with Gasteiger partial charge in [0.25, 0.3) is 0 Å². The molecule has 1 aromatic carbocycles. The van der Waals surface area contributed by atoms with Crippen LogP contribution in [0.5, 0.6) is 0 Å². The van der Waals surface area contributed by atoms with E-state index in [0.29, 0.717) is 22.8 Å². The van der Waals surface area contributed by atoms with Crippen LogP contribution in [0.2, 0.25) is 5.02 Å². The van der Waals surface area contributed by atoms with Crippen molar-refractivity contribution >= 4 is 27.3 Å². The van der Waals surface area contributed by atoms with Gasteiger partial charge in [0.2, 0.25) is 10.0 Å². The zero-order valence-corrected chi connectivity index (χ0v) is 13.7. The molecule has 1 aliphatic rings. The Labute approximate surface area is 131 Å². The van der Waals surface area contributed by atoms with Crippen LogP contribution in [0.15, 0.2) is 28.7 Å². The fraction of sp³-hybridized carbons (Fsp3) is 0.467. The predicted octanol–water partition coefficient (Wildman–Crippen LogP) is 3.40. The van der Waals surface area contributed by atoms with E-state index in [1.54, 1.807) is 13.0 Å². The molecular weight excluding hydrogens is 308 g/mol. The molecule has 116 valence electrons. The van der Waals surface area contributed by atoms with Crippen molar-refractivity contribution < 1.29 is 8.42 Å². The van der Waals surface area contributed by atoms with Gasteiger partial charge in [-0.05, 0) is 56.7 Å². The number of benzene rings is 1. The maximum Gasteiger partial charge on any atom is 0.240 e.